The van der Waals surface area contributed by atoms with Crippen LogP contribution < -0.4 is 10.1 Å². The number of ether oxygens (including phenoxy) is 2. The molecule has 0 aliphatic rings. The molecule has 4 heteroatoms. The highest BCUT2D eigenvalue weighted by Crippen LogP contribution is 2.24. The van der Waals surface area contributed by atoms with Crippen LogP contribution in [-0.2, 0) is 17.9 Å². The highest BCUT2D eigenvalue weighted by Gasteiger charge is 2.06. The Kier molecular flexibility index (Phi) is 8.45. The molecule has 2 aromatic carbocycles. The highest BCUT2D eigenvalue weighted by molar-refractivity contribution is 9.10. The standard InChI is InChI=1S/C21H28BrNO2/c1-16(2)24-12-6-11-23-14-19-13-20(22)9-10-21(19)25-15-18-8-5-4-7-17(18)3/h4-5,7-10,13,16,23H,6,11-12,14-15H2,1-3H3. The lowest BCUT2D eigenvalue weighted by Gasteiger charge is -2.14. The Hall–Kier alpha value is -1.36. The summed E-state index contributed by atoms with van der Waals surface area (Å²) in [7, 11) is 0. The molecular weight excluding hydrogens is 378 g/mol. The van der Waals surface area contributed by atoms with E-state index in [-0.39, 0.29) is 0 Å². The summed E-state index contributed by atoms with van der Waals surface area (Å²) in [4.78, 5) is 0. The van der Waals surface area contributed by atoms with Crippen LogP contribution in [0.4, 0.5) is 0 Å². The molecular formula is C21H28BrNO2. The van der Waals surface area contributed by atoms with Crippen LogP contribution >= 0.6 is 15.9 Å². The first-order chi connectivity index (χ1) is 12.1. The fraction of sp³-hybridized carbons (Fsp3) is 0.429. The summed E-state index contributed by atoms with van der Waals surface area (Å²) in [6.45, 7) is 9.33. The molecule has 0 atom stereocenters. The van der Waals surface area contributed by atoms with Gasteiger partial charge >= 0.3 is 0 Å². The minimum absolute atomic E-state index is 0.298. The van der Waals surface area contributed by atoms with E-state index in [2.05, 4.69) is 72.3 Å². The maximum atomic E-state index is 6.08. The zero-order valence-corrected chi connectivity index (χ0v) is 16.9. The molecule has 0 unspecified atom stereocenters. The molecule has 136 valence electrons. The van der Waals surface area contributed by atoms with E-state index >= 15 is 0 Å². The fourth-order valence-corrected chi connectivity index (χ4v) is 2.90. The van der Waals surface area contributed by atoms with Gasteiger partial charge in [-0.15, -0.1) is 0 Å². The average Bonchev–Trinajstić information content (AvgIpc) is 2.58. The lowest BCUT2D eigenvalue weighted by atomic mass is 10.1. The van der Waals surface area contributed by atoms with Crippen LogP contribution in [-0.4, -0.2) is 19.3 Å². The second-order valence-electron chi connectivity index (χ2n) is 6.42. The van der Waals surface area contributed by atoms with Crippen molar-refractivity contribution in [2.75, 3.05) is 13.2 Å². The molecule has 0 aromatic heterocycles. The topological polar surface area (TPSA) is 30.5 Å². The Labute approximate surface area is 159 Å². The summed E-state index contributed by atoms with van der Waals surface area (Å²) in [5.41, 5.74) is 3.63. The third-order valence-corrected chi connectivity index (χ3v) is 4.42. The zero-order chi connectivity index (χ0) is 18.1. The zero-order valence-electron chi connectivity index (χ0n) is 15.3. The predicted molar refractivity (Wildman–Crippen MR) is 107 cm³/mol. The molecule has 2 rings (SSSR count). The van der Waals surface area contributed by atoms with E-state index in [0.717, 1.165) is 41.9 Å². The predicted octanol–water partition coefficient (Wildman–Crippen LogP) is 5.24. The van der Waals surface area contributed by atoms with Gasteiger partial charge in [0.1, 0.15) is 12.4 Å². The molecule has 0 aliphatic heterocycles. The third kappa shape index (κ3) is 7.18. The normalized spacial score (nSPS) is 11.1. The van der Waals surface area contributed by atoms with Gasteiger partial charge in [0.2, 0.25) is 0 Å². The maximum Gasteiger partial charge on any atom is 0.124 e. The molecule has 3 nitrogen and oxygen atoms in total. The van der Waals surface area contributed by atoms with Crippen LogP contribution in [0.15, 0.2) is 46.9 Å². The number of aryl methyl sites for hydroxylation is 1. The second kappa shape index (κ2) is 10.6. The van der Waals surface area contributed by atoms with Gasteiger partial charge in [-0.3, -0.25) is 0 Å². The molecule has 1 N–H and O–H groups in total. The van der Waals surface area contributed by atoms with Gasteiger partial charge < -0.3 is 14.8 Å². The largest absolute Gasteiger partial charge is 0.489 e. The van der Waals surface area contributed by atoms with Gasteiger partial charge in [0.15, 0.2) is 0 Å². The van der Waals surface area contributed by atoms with Crippen LogP contribution in [0.25, 0.3) is 0 Å². The molecule has 0 heterocycles. The van der Waals surface area contributed by atoms with Gasteiger partial charge in [-0.05, 0) is 63.1 Å². The Morgan fingerprint density at radius 2 is 1.88 bits per heavy atom. The molecule has 0 spiro atoms. The van der Waals surface area contributed by atoms with Crippen molar-refractivity contribution in [3.63, 3.8) is 0 Å². The van der Waals surface area contributed by atoms with E-state index < -0.39 is 0 Å². The Morgan fingerprint density at radius 3 is 2.64 bits per heavy atom. The van der Waals surface area contributed by atoms with E-state index in [4.69, 9.17) is 9.47 Å². The van der Waals surface area contributed by atoms with Gasteiger partial charge in [0.05, 0.1) is 6.10 Å². The number of halogens is 1. The van der Waals surface area contributed by atoms with Crippen LogP contribution in [0.5, 0.6) is 5.75 Å². The van der Waals surface area contributed by atoms with E-state index in [1.165, 1.54) is 11.1 Å². The molecule has 0 radical (unpaired) electrons. The quantitative estimate of drug-likeness (QED) is 0.548. The van der Waals surface area contributed by atoms with Crippen LogP contribution in [0.2, 0.25) is 0 Å². The van der Waals surface area contributed by atoms with Crippen molar-refractivity contribution in [2.45, 2.75) is 46.4 Å². The molecule has 2 aromatic rings. The number of benzene rings is 2. The highest BCUT2D eigenvalue weighted by atomic mass is 79.9. The monoisotopic (exact) mass is 405 g/mol. The molecule has 0 saturated carbocycles. The molecule has 0 saturated heterocycles. The third-order valence-electron chi connectivity index (χ3n) is 3.93. The van der Waals surface area contributed by atoms with E-state index in [9.17, 15) is 0 Å². The summed E-state index contributed by atoms with van der Waals surface area (Å²) in [6.07, 6.45) is 1.30. The van der Waals surface area contributed by atoms with E-state index in [0.29, 0.717) is 12.7 Å². The number of hydrogen-bond acceptors (Lipinski definition) is 3. The van der Waals surface area contributed by atoms with Crippen molar-refractivity contribution < 1.29 is 9.47 Å². The SMILES string of the molecule is Cc1ccccc1COc1ccc(Br)cc1CNCCCOC(C)C. The lowest BCUT2D eigenvalue weighted by Crippen LogP contribution is -2.18. The Bertz CT molecular complexity index is 658. The van der Waals surface area contributed by atoms with Crippen molar-refractivity contribution >= 4 is 15.9 Å². The minimum atomic E-state index is 0.298. The first kappa shape index (κ1) is 20.0. The summed E-state index contributed by atoms with van der Waals surface area (Å²) in [5.74, 6) is 0.928. The van der Waals surface area contributed by atoms with Crippen molar-refractivity contribution in [1.29, 1.82) is 0 Å². The summed E-state index contributed by atoms with van der Waals surface area (Å²) in [5, 5.41) is 3.47. The van der Waals surface area contributed by atoms with Crippen LogP contribution in [0.3, 0.4) is 0 Å². The number of rotatable bonds is 10. The van der Waals surface area contributed by atoms with Crippen molar-refractivity contribution in [1.82, 2.24) is 5.32 Å². The van der Waals surface area contributed by atoms with Crippen molar-refractivity contribution in [3.8, 4) is 5.75 Å². The number of nitrogens with one attached hydrogen (secondary N) is 1. The fourth-order valence-electron chi connectivity index (χ4n) is 2.49. The smallest absolute Gasteiger partial charge is 0.124 e. The molecule has 0 amide bonds. The summed E-state index contributed by atoms with van der Waals surface area (Å²) < 4.78 is 12.7. The Balaban J connectivity index is 1.87. The van der Waals surface area contributed by atoms with E-state index in [1.807, 2.05) is 12.1 Å². The minimum Gasteiger partial charge on any atom is -0.489 e. The first-order valence-corrected chi connectivity index (χ1v) is 9.63. The van der Waals surface area contributed by atoms with Gasteiger partial charge in [0.25, 0.3) is 0 Å². The Morgan fingerprint density at radius 1 is 1.08 bits per heavy atom. The van der Waals surface area contributed by atoms with Crippen molar-refractivity contribution in [2.24, 2.45) is 0 Å². The molecule has 0 fully saturated rings. The lowest BCUT2D eigenvalue weighted by molar-refractivity contribution is 0.0770. The van der Waals surface area contributed by atoms with E-state index in [1.54, 1.807) is 0 Å². The average molecular weight is 406 g/mol. The van der Waals surface area contributed by atoms with Gasteiger partial charge in [-0.25, -0.2) is 0 Å². The van der Waals surface area contributed by atoms with Gasteiger partial charge in [0, 0.05) is 23.2 Å². The number of hydrogen-bond donors (Lipinski definition) is 1. The van der Waals surface area contributed by atoms with Crippen LogP contribution in [0.1, 0.15) is 37.0 Å². The van der Waals surface area contributed by atoms with Crippen molar-refractivity contribution in [3.05, 3.63) is 63.6 Å². The van der Waals surface area contributed by atoms with Crippen LogP contribution in [0, 0.1) is 6.92 Å². The summed E-state index contributed by atoms with van der Waals surface area (Å²) in [6, 6.07) is 14.5. The molecule has 0 bridgehead atoms. The maximum absolute atomic E-state index is 6.08. The first-order valence-electron chi connectivity index (χ1n) is 8.84. The second-order valence-corrected chi connectivity index (χ2v) is 7.33. The summed E-state index contributed by atoms with van der Waals surface area (Å²) >= 11 is 3.55. The molecule has 25 heavy (non-hydrogen) atoms. The van der Waals surface area contributed by atoms with Gasteiger partial charge in [-0.2, -0.15) is 0 Å². The molecule has 0 aliphatic carbocycles. The van der Waals surface area contributed by atoms with Gasteiger partial charge in [-0.1, -0.05) is 40.2 Å².